The molecule has 0 bridgehead atoms. The van der Waals surface area contributed by atoms with Gasteiger partial charge in [-0.3, -0.25) is 14.7 Å². The van der Waals surface area contributed by atoms with Crippen molar-refractivity contribution in [2.45, 2.75) is 39.0 Å². The molecule has 0 aliphatic carbocycles. The van der Waals surface area contributed by atoms with E-state index in [1.807, 2.05) is 25.7 Å². The van der Waals surface area contributed by atoms with Crippen molar-refractivity contribution in [3.63, 3.8) is 0 Å². The molecule has 3 heterocycles. The molecule has 3 atom stereocenters. The molecular weight excluding hydrogens is 306 g/mol. The summed E-state index contributed by atoms with van der Waals surface area (Å²) in [6, 6.07) is -0.0912. The first-order valence-corrected chi connectivity index (χ1v) is 8.74. The zero-order valence-electron chi connectivity index (χ0n) is 14.8. The van der Waals surface area contributed by atoms with Gasteiger partial charge in [-0.15, -0.1) is 0 Å². The maximum atomic E-state index is 12.8. The fourth-order valence-electron chi connectivity index (χ4n) is 3.57. The van der Waals surface area contributed by atoms with Crippen LogP contribution in [0.2, 0.25) is 0 Å². The van der Waals surface area contributed by atoms with Crippen molar-refractivity contribution < 1.29 is 9.53 Å². The van der Waals surface area contributed by atoms with E-state index in [9.17, 15) is 4.79 Å². The smallest absolute Gasteiger partial charge is 0.239 e. The van der Waals surface area contributed by atoms with Crippen LogP contribution in [0.4, 0.5) is 5.82 Å². The third-order valence-electron chi connectivity index (χ3n) is 4.82. The molecule has 0 unspecified atom stereocenters. The van der Waals surface area contributed by atoms with Crippen LogP contribution < -0.4 is 4.90 Å². The summed E-state index contributed by atoms with van der Waals surface area (Å²) >= 11 is 0. The number of carbonyl (C=O) groups is 1. The van der Waals surface area contributed by atoms with Gasteiger partial charge in [0, 0.05) is 51.7 Å². The summed E-state index contributed by atoms with van der Waals surface area (Å²) in [5.41, 5.74) is 0. The average molecular weight is 333 g/mol. The first-order valence-electron chi connectivity index (χ1n) is 8.74. The molecule has 132 valence electrons. The van der Waals surface area contributed by atoms with Gasteiger partial charge in [0.25, 0.3) is 0 Å². The van der Waals surface area contributed by atoms with Gasteiger partial charge < -0.3 is 14.5 Å². The summed E-state index contributed by atoms with van der Waals surface area (Å²) in [5.74, 6) is 1.12. The van der Waals surface area contributed by atoms with Crippen molar-refractivity contribution in [1.29, 1.82) is 0 Å². The average Bonchev–Trinajstić information content (AvgIpc) is 2.60. The fraction of sp³-hybridized carbons (Fsp3) is 0.706. The lowest BCUT2D eigenvalue weighted by Crippen LogP contribution is -2.57. The second-order valence-electron chi connectivity index (χ2n) is 6.76. The third kappa shape index (κ3) is 3.84. The second kappa shape index (κ2) is 7.44. The van der Waals surface area contributed by atoms with Gasteiger partial charge in [0.1, 0.15) is 5.82 Å². The minimum Gasteiger partial charge on any atom is -0.372 e. The van der Waals surface area contributed by atoms with Crippen molar-refractivity contribution in [2.75, 3.05) is 44.2 Å². The van der Waals surface area contributed by atoms with Gasteiger partial charge in [-0.25, -0.2) is 4.98 Å². The number of hydrogen-bond donors (Lipinski definition) is 0. The van der Waals surface area contributed by atoms with E-state index in [4.69, 9.17) is 4.74 Å². The number of morpholine rings is 1. The van der Waals surface area contributed by atoms with Crippen molar-refractivity contribution in [3.05, 3.63) is 18.6 Å². The Bertz CT molecular complexity index is 537. The van der Waals surface area contributed by atoms with Crippen LogP contribution in [-0.2, 0) is 9.53 Å². The Morgan fingerprint density at radius 2 is 1.83 bits per heavy atom. The maximum Gasteiger partial charge on any atom is 0.239 e. The highest BCUT2D eigenvalue weighted by Crippen LogP contribution is 2.17. The number of hydrogen-bond acceptors (Lipinski definition) is 6. The lowest BCUT2D eigenvalue weighted by molar-refractivity contribution is -0.148. The number of carbonyl (C=O) groups excluding carboxylic acids is 1. The van der Waals surface area contributed by atoms with Crippen LogP contribution in [0.25, 0.3) is 0 Å². The highest BCUT2D eigenvalue weighted by atomic mass is 16.5. The highest BCUT2D eigenvalue weighted by Gasteiger charge is 2.32. The summed E-state index contributed by atoms with van der Waals surface area (Å²) in [6.07, 6.45) is 5.41. The summed E-state index contributed by atoms with van der Waals surface area (Å²) < 4.78 is 5.73. The van der Waals surface area contributed by atoms with Gasteiger partial charge in [-0.2, -0.15) is 0 Å². The van der Waals surface area contributed by atoms with Crippen molar-refractivity contribution in [2.24, 2.45) is 0 Å². The molecule has 7 heteroatoms. The zero-order valence-corrected chi connectivity index (χ0v) is 14.8. The Morgan fingerprint density at radius 3 is 2.42 bits per heavy atom. The van der Waals surface area contributed by atoms with Crippen LogP contribution in [0.5, 0.6) is 0 Å². The predicted octanol–water partition coefficient (Wildman–Crippen LogP) is 0.623. The molecule has 2 fully saturated rings. The quantitative estimate of drug-likeness (QED) is 0.808. The SMILES string of the molecule is C[C@@H]1CN(C(=O)[C@H](C)N2CCN(c3cnccn3)CC2)C[C@H](C)O1. The van der Waals surface area contributed by atoms with Crippen molar-refractivity contribution in [1.82, 2.24) is 19.8 Å². The normalized spacial score (nSPS) is 27.1. The molecule has 2 saturated heterocycles. The number of piperazine rings is 1. The van der Waals surface area contributed by atoms with E-state index in [1.165, 1.54) is 0 Å². The van der Waals surface area contributed by atoms with E-state index in [-0.39, 0.29) is 24.2 Å². The lowest BCUT2D eigenvalue weighted by atomic mass is 10.1. The molecule has 0 radical (unpaired) electrons. The molecule has 7 nitrogen and oxygen atoms in total. The van der Waals surface area contributed by atoms with E-state index in [2.05, 4.69) is 19.8 Å². The predicted molar refractivity (Wildman–Crippen MR) is 91.9 cm³/mol. The molecule has 0 saturated carbocycles. The highest BCUT2D eigenvalue weighted by molar-refractivity contribution is 5.81. The van der Waals surface area contributed by atoms with E-state index in [0.717, 1.165) is 32.0 Å². The zero-order chi connectivity index (χ0) is 17.1. The van der Waals surface area contributed by atoms with Crippen LogP contribution in [0.1, 0.15) is 20.8 Å². The summed E-state index contributed by atoms with van der Waals surface area (Å²) in [5, 5.41) is 0. The maximum absolute atomic E-state index is 12.8. The molecule has 1 amide bonds. The van der Waals surface area contributed by atoms with E-state index in [1.54, 1.807) is 18.6 Å². The molecule has 0 aromatic carbocycles. The third-order valence-corrected chi connectivity index (χ3v) is 4.82. The molecule has 2 aliphatic heterocycles. The number of amides is 1. The number of rotatable bonds is 3. The Labute approximate surface area is 143 Å². The topological polar surface area (TPSA) is 61.8 Å². The fourth-order valence-corrected chi connectivity index (χ4v) is 3.57. The summed E-state index contributed by atoms with van der Waals surface area (Å²) in [6.45, 7) is 10.9. The standard InChI is InChI=1S/C17H27N5O2/c1-13-11-22(12-14(2)24-13)17(23)15(3)20-6-8-21(9-7-20)16-10-18-4-5-19-16/h4-5,10,13-15H,6-9,11-12H2,1-3H3/t13-,14+,15-/m0/s1. The number of aromatic nitrogens is 2. The number of nitrogens with zero attached hydrogens (tertiary/aromatic N) is 5. The van der Waals surface area contributed by atoms with Crippen molar-refractivity contribution in [3.8, 4) is 0 Å². The molecule has 2 aliphatic rings. The van der Waals surface area contributed by atoms with Crippen molar-refractivity contribution >= 4 is 11.7 Å². The van der Waals surface area contributed by atoms with E-state index >= 15 is 0 Å². The first kappa shape index (κ1) is 17.1. The number of ether oxygens (including phenoxy) is 1. The van der Waals surface area contributed by atoms with Gasteiger partial charge in [0.15, 0.2) is 0 Å². The van der Waals surface area contributed by atoms with E-state index in [0.29, 0.717) is 13.1 Å². The summed E-state index contributed by atoms with van der Waals surface area (Å²) in [4.78, 5) is 27.8. The lowest BCUT2D eigenvalue weighted by Gasteiger charge is -2.41. The van der Waals surface area contributed by atoms with Gasteiger partial charge in [-0.05, 0) is 20.8 Å². The summed E-state index contributed by atoms with van der Waals surface area (Å²) in [7, 11) is 0. The molecule has 1 aromatic heterocycles. The van der Waals surface area contributed by atoms with Crippen LogP contribution in [0, 0.1) is 0 Å². The van der Waals surface area contributed by atoms with E-state index < -0.39 is 0 Å². The Morgan fingerprint density at radius 1 is 1.17 bits per heavy atom. The minimum atomic E-state index is -0.0912. The first-order chi connectivity index (χ1) is 11.5. The molecular formula is C17H27N5O2. The molecule has 24 heavy (non-hydrogen) atoms. The Hall–Kier alpha value is -1.73. The largest absolute Gasteiger partial charge is 0.372 e. The van der Waals surface area contributed by atoms with Gasteiger partial charge in [0.05, 0.1) is 24.4 Å². The Balaban J connectivity index is 1.55. The monoisotopic (exact) mass is 333 g/mol. The second-order valence-corrected chi connectivity index (χ2v) is 6.76. The van der Waals surface area contributed by atoms with Gasteiger partial charge in [0.2, 0.25) is 5.91 Å². The van der Waals surface area contributed by atoms with Crippen LogP contribution in [-0.4, -0.2) is 83.2 Å². The van der Waals surface area contributed by atoms with Crippen LogP contribution >= 0.6 is 0 Å². The Kier molecular flexibility index (Phi) is 5.30. The molecule has 1 aromatic rings. The molecule has 0 spiro atoms. The van der Waals surface area contributed by atoms with Crippen LogP contribution in [0.3, 0.4) is 0 Å². The molecule has 3 rings (SSSR count). The number of anilines is 1. The molecule has 0 N–H and O–H groups in total. The van der Waals surface area contributed by atoms with Crippen LogP contribution in [0.15, 0.2) is 18.6 Å². The minimum absolute atomic E-state index is 0.0912. The van der Waals surface area contributed by atoms with Gasteiger partial charge >= 0.3 is 0 Å². The van der Waals surface area contributed by atoms with Gasteiger partial charge in [-0.1, -0.05) is 0 Å².